The van der Waals surface area contributed by atoms with E-state index in [9.17, 15) is 13.6 Å². The fourth-order valence-electron chi connectivity index (χ4n) is 3.85. The molecule has 1 heterocycles. The molecule has 0 N–H and O–H groups in total. The zero-order chi connectivity index (χ0) is 23.5. The Hall–Kier alpha value is -3.38. The Labute approximate surface area is 196 Å². The summed E-state index contributed by atoms with van der Waals surface area (Å²) in [7, 11) is 0. The lowest BCUT2D eigenvalue weighted by molar-refractivity contribution is 0.157. The van der Waals surface area contributed by atoms with Gasteiger partial charge < -0.3 is 14.2 Å². The van der Waals surface area contributed by atoms with Crippen LogP contribution < -0.4 is 4.74 Å². The summed E-state index contributed by atoms with van der Waals surface area (Å²) in [6.45, 7) is 5.33. The van der Waals surface area contributed by atoms with E-state index in [4.69, 9.17) is 16.3 Å². The van der Waals surface area contributed by atoms with Gasteiger partial charge >= 0.3 is 6.09 Å². The minimum Gasteiger partial charge on any atom is -0.410 e. The second-order valence-electron chi connectivity index (χ2n) is 7.61. The van der Waals surface area contributed by atoms with Gasteiger partial charge in [-0.15, -0.1) is 0 Å². The summed E-state index contributed by atoms with van der Waals surface area (Å²) in [4.78, 5) is 14.2. The van der Waals surface area contributed by atoms with Gasteiger partial charge in [-0.1, -0.05) is 29.8 Å². The highest BCUT2D eigenvalue weighted by Gasteiger charge is 2.20. The largest absolute Gasteiger partial charge is 0.415 e. The Morgan fingerprint density at radius 2 is 1.73 bits per heavy atom. The fourth-order valence-corrected chi connectivity index (χ4v) is 4.03. The number of fused-ring (bicyclic) bond motifs is 1. The van der Waals surface area contributed by atoms with Crippen LogP contribution in [-0.2, 0) is 6.54 Å². The Balaban J connectivity index is 1.82. The average Bonchev–Trinajstić information content (AvgIpc) is 3.20. The van der Waals surface area contributed by atoms with Crippen LogP contribution in [0, 0.1) is 11.6 Å². The maximum absolute atomic E-state index is 13.9. The smallest absolute Gasteiger partial charge is 0.410 e. The summed E-state index contributed by atoms with van der Waals surface area (Å²) >= 11 is 6.07. The van der Waals surface area contributed by atoms with Gasteiger partial charge in [0.25, 0.3) is 0 Å². The molecule has 0 unspecified atom stereocenters. The topological polar surface area (TPSA) is 34.5 Å². The van der Waals surface area contributed by atoms with Crippen molar-refractivity contribution in [3.05, 3.63) is 89.1 Å². The van der Waals surface area contributed by atoms with Gasteiger partial charge in [-0.2, -0.15) is 0 Å². The zero-order valence-electron chi connectivity index (χ0n) is 18.3. The van der Waals surface area contributed by atoms with Gasteiger partial charge in [-0.3, -0.25) is 0 Å². The number of carbonyl (C=O) groups is 1. The predicted octanol–water partition coefficient (Wildman–Crippen LogP) is 7.13. The van der Waals surface area contributed by atoms with Gasteiger partial charge in [-0.05, 0) is 67.4 Å². The maximum atomic E-state index is 13.9. The lowest BCUT2D eigenvalue weighted by Gasteiger charge is -2.20. The number of ether oxygens (including phenoxy) is 1. The molecule has 0 radical (unpaired) electrons. The Bertz CT molecular complexity index is 1300. The first-order valence-electron chi connectivity index (χ1n) is 10.7. The van der Waals surface area contributed by atoms with Gasteiger partial charge in [0, 0.05) is 42.3 Å². The van der Waals surface area contributed by atoms with Crippen LogP contribution in [0.5, 0.6) is 5.75 Å². The highest BCUT2D eigenvalue weighted by atomic mass is 35.5. The molecular weight excluding hydrogens is 446 g/mol. The number of hydrogen-bond acceptors (Lipinski definition) is 2. The molecule has 1 amide bonds. The van der Waals surface area contributed by atoms with Crippen molar-refractivity contribution in [3.8, 4) is 16.9 Å². The molecule has 4 nitrogen and oxygen atoms in total. The Morgan fingerprint density at radius 1 is 1.00 bits per heavy atom. The molecule has 33 heavy (non-hydrogen) atoms. The molecule has 0 aliphatic carbocycles. The van der Waals surface area contributed by atoms with Crippen LogP contribution in [0.4, 0.5) is 13.6 Å². The van der Waals surface area contributed by atoms with Crippen molar-refractivity contribution in [1.82, 2.24) is 9.47 Å². The van der Waals surface area contributed by atoms with Crippen LogP contribution >= 0.6 is 11.6 Å². The number of aromatic nitrogens is 1. The summed E-state index contributed by atoms with van der Waals surface area (Å²) in [5.74, 6) is -0.448. The summed E-state index contributed by atoms with van der Waals surface area (Å²) in [6.07, 6.45) is 1.46. The molecule has 170 valence electrons. The van der Waals surface area contributed by atoms with Crippen LogP contribution in [0.1, 0.15) is 19.4 Å². The number of carbonyl (C=O) groups excluding carboxylic acids is 1. The number of hydrogen-bond donors (Lipinski definition) is 0. The van der Waals surface area contributed by atoms with E-state index >= 15 is 0 Å². The molecule has 7 heteroatoms. The first kappa shape index (κ1) is 22.8. The first-order chi connectivity index (χ1) is 15.9. The zero-order valence-corrected chi connectivity index (χ0v) is 19.1. The van der Waals surface area contributed by atoms with E-state index in [0.29, 0.717) is 36.5 Å². The minimum atomic E-state index is -0.525. The molecular formula is C26H23ClF2N2O2. The van der Waals surface area contributed by atoms with Gasteiger partial charge in [0.1, 0.15) is 17.4 Å². The highest BCUT2D eigenvalue weighted by molar-refractivity contribution is 6.31. The molecule has 4 aromatic rings. The summed E-state index contributed by atoms with van der Waals surface area (Å²) in [6, 6.07) is 16.3. The standard InChI is InChI=1S/C26H23ClF2N2O2/c1-3-30(4-2)26(32)33-24-12-11-23-20(25(24)18-7-10-22(29)21(27)15-18)13-14-31(23)16-17-5-8-19(28)9-6-17/h5-15H,3-4,16H2,1-2H3. The van der Waals surface area contributed by atoms with Gasteiger partial charge in [0.15, 0.2) is 0 Å². The van der Waals surface area contributed by atoms with Crippen LogP contribution in [0.2, 0.25) is 5.02 Å². The Morgan fingerprint density at radius 3 is 2.39 bits per heavy atom. The van der Waals surface area contributed by atoms with E-state index in [1.807, 2.05) is 36.7 Å². The van der Waals surface area contributed by atoms with Crippen molar-refractivity contribution in [2.24, 2.45) is 0 Å². The summed E-state index contributed by atoms with van der Waals surface area (Å²) in [5, 5.41) is 0.806. The van der Waals surface area contributed by atoms with Gasteiger partial charge in [0.05, 0.1) is 5.02 Å². The minimum absolute atomic E-state index is 0.0173. The van der Waals surface area contributed by atoms with E-state index in [2.05, 4.69) is 0 Å². The molecule has 0 saturated heterocycles. The molecule has 0 fully saturated rings. The maximum Gasteiger partial charge on any atom is 0.415 e. The fraction of sp³-hybridized carbons (Fsp3) is 0.192. The Kier molecular flexibility index (Phi) is 6.65. The second-order valence-corrected chi connectivity index (χ2v) is 8.02. The van der Waals surface area contributed by atoms with Crippen molar-refractivity contribution >= 4 is 28.6 Å². The molecule has 4 rings (SSSR count). The third kappa shape index (κ3) is 4.71. The average molecular weight is 469 g/mol. The quantitative estimate of drug-likeness (QED) is 0.301. The lowest BCUT2D eigenvalue weighted by atomic mass is 10.0. The van der Waals surface area contributed by atoms with E-state index in [1.165, 1.54) is 24.3 Å². The number of halogens is 3. The molecule has 0 aliphatic rings. The van der Waals surface area contributed by atoms with E-state index in [0.717, 1.165) is 16.5 Å². The SMILES string of the molecule is CCN(CC)C(=O)Oc1ccc2c(ccn2Cc2ccc(F)cc2)c1-c1ccc(F)c(Cl)c1. The molecule has 0 saturated carbocycles. The lowest BCUT2D eigenvalue weighted by Crippen LogP contribution is -2.33. The van der Waals surface area contributed by atoms with Crippen molar-refractivity contribution < 1.29 is 18.3 Å². The number of benzene rings is 3. The third-order valence-electron chi connectivity index (χ3n) is 5.61. The molecule has 0 spiro atoms. The molecule has 0 atom stereocenters. The number of nitrogens with zero attached hydrogens (tertiary/aromatic N) is 2. The van der Waals surface area contributed by atoms with Crippen molar-refractivity contribution in [2.45, 2.75) is 20.4 Å². The van der Waals surface area contributed by atoms with Crippen molar-refractivity contribution in [3.63, 3.8) is 0 Å². The highest BCUT2D eigenvalue weighted by Crippen LogP contribution is 2.39. The number of amides is 1. The van der Waals surface area contributed by atoms with Crippen LogP contribution in [-0.4, -0.2) is 28.6 Å². The molecule has 0 aliphatic heterocycles. The van der Waals surface area contributed by atoms with Crippen LogP contribution in [0.3, 0.4) is 0 Å². The molecule has 3 aromatic carbocycles. The summed E-state index contributed by atoms with van der Waals surface area (Å²) in [5.41, 5.74) is 3.11. The summed E-state index contributed by atoms with van der Waals surface area (Å²) < 4.78 is 34.9. The van der Waals surface area contributed by atoms with E-state index in [1.54, 1.807) is 29.2 Å². The van der Waals surface area contributed by atoms with E-state index < -0.39 is 11.9 Å². The third-order valence-corrected chi connectivity index (χ3v) is 5.90. The predicted molar refractivity (Wildman–Crippen MR) is 127 cm³/mol. The normalized spacial score (nSPS) is 11.1. The monoisotopic (exact) mass is 468 g/mol. The van der Waals surface area contributed by atoms with Gasteiger partial charge in [-0.25, -0.2) is 13.6 Å². The molecule has 0 bridgehead atoms. The second kappa shape index (κ2) is 9.63. The van der Waals surface area contributed by atoms with Crippen molar-refractivity contribution in [1.29, 1.82) is 0 Å². The van der Waals surface area contributed by atoms with Gasteiger partial charge in [0.2, 0.25) is 0 Å². The molecule has 1 aromatic heterocycles. The first-order valence-corrected chi connectivity index (χ1v) is 11.1. The van der Waals surface area contributed by atoms with Crippen molar-refractivity contribution in [2.75, 3.05) is 13.1 Å². The van der Waals surface area contributed by atoms with E-state index in [-0.39, 0.29) is 10.8 Å². The number of rotatable bonds is 6. The van der Waals surface area contributed by atoms with Crippen LogP contribution in [0.25, 0.3) is 22.0 Å². The van der Waals surface area contributed by atoms with Crippen LogP contribution in [0.15, 0.2) is 66.9 Å².